The van der Waals surface area contributed by atoms with Crippen LogP contribution in [0.15, 0.2) is 66.1 Å². The third-order valence-electron chi connectivity index (χ3n) is 5.71. The number of hydrogen-bond donors (Lipinski definition) is 2. The summed E-state index contributed by atoms with van der Waals surface area (Å²) in [6.07, 6.45) is 6.20. The number of likely N-dealkylation sites (tertiary alicyclic amines) is 1. The number of nitrogens with one attached hydrogen (secondary N) is 2. The van der Waals surface area contributed by atoms with E-state index in [1.165, 1.54) is 6.08 Å². The second-order valence-electron chi connectivity index (χ2n) is 8.13. The van der Waals surface area contributed by atoms with Crippen LogP contribution in [0.2, 0.25) is 0 Å². The van der Waals surface area contributed by atoms with Gasteiger partial charge in [0.1, 0.15) is 6.04 Å². The van der Waals surface area contributed by atoms with Crippen molar-refractivity contribution in [3.8, 4) is 0 Å². The second-order valence-corrected chi connectivity index (χ2v) is 10.7. The fourth-order valence-electron chi connectivity index (χ4n) is 3.96. The summed E-state index contributed by atoms with van der Waals surface area (Å²) in [5.41, 5.74) is 1.94. The number of carbonyl (C=O) groups is 1. The van der Waals surface area contributed by atoms with Crippen molar-refractivity contribution < 1.29 is 13.2 Å². The number of rotatable bonds is 12. The number of sulfonamides is 1. The molecule has 1 aliphatic heterocycles. The van der Waals surface area contributed by atoms with E-state index in [0.29, 0.717) is 18.7 Å². The molecule has 0 bridgehead atoms. The van der Waals surface area contributed by atoms with Gasteiger partial charge in [0.25, 0.3) is 0 Å². The highest BCUT2D eigenvalue weighted by Crippen LogP contribution is 2.24. The molecule has 3 rings (SSSR count). The van der Waals surface area contributed by atoms with E-state index in [9.17, 15) is 13.2 Å². The van der Waals surface area contributed by atoms with Crippen LogP contribution in [-0.2, 0) is 14.8 Å². The molecule has 0 aliphatic carbocycles. The standard InChI is InChI=1S/C25H33N3O3S2/c1-32-18-14-23(27-33(30,31)19-15-21-10-4-2-5-11-21)25(29)26-20-24(28-16-8-9-17-28)22-12-6-3-7-13-22/h2-7,10-13,15,19,23-24,27H,8-9,14,16-18,20H2,1H3,(H,26,29)/b19-15+. The van der Waals surface area contributed by atoms with Gasteiger partial charge in [-0.25, -0.2) is 8.42 Å². The Morgan fingerprint density at radius 3 is 2.33 bits per heavy atom. The first-order valence-corrected chi connectivity index (χ1v) is 14.2. The van der Waals surface area contributed by atoms with Crippen molar-refractivity contribution in [1.29, 1.82) is 0 Å². The molecule has 1 heterocycles. The molecule has 8 heteroatoms. The van der Waals surface area contributed by atoms with E-state index in [1.807, 2.05) is 54.8 Å². The number of amides is 1. The van der Waals surface area contributed by atoms with Crippen LogP contribution >= 0.6 is 11.8 Å². The summed E-state index contributed by atoms with van der Waals surface area (Å²) in [6, 6.07) is 18.6. The molecule has 1 aliphatic rings. The van der Waals surface area contributed by atoms with Crippen LogP contribution in [0.4, 0.5) is 0 Å². The lowest BCUT2D eigenvalue weighted by Gasteiger charge is -2.29. The quantitative estimate of drug-likeness (QED) is 0.478. The van der Waals surface area contributed by atoms with Crippen LogP contribution in [0.1, 0.15) is 36.4 Å². The Morgan fingerprint density at radius 2 is 1.70 bits per heavy atom. The van der Waals surface area contributed by atoms with E-state index >= 15 is 0 Å². The Kier molecular flexibility index (Phi) is 9.99. The van der Waals surface area contributed by atoms with E-state index < -0.39 is 16.1 Å². The first kappa shape index (κ1) is 25.5. The van der Waals surface area contributed by atoms with Crippen molar-refractivity contribution in [3.05, 3.63) is 77.2 Å². The monoisotopic (exact) mass is 487 g/mol. The topological polar surface area (TPSA) is 78.5 Å². The van der Waals surface area contributed by atoms with Crippen LogP contribution in [0.5, 0.6) is 0 Å². The molecule has 2 aromatic rings. The van der Waals surface area contributed by atoms with E-state index in [0.717, 1.165) is 42.5 Å². The molecule has 1 amide bonds. The van der Waals surface area contributed by atoms with E-state index in [4.69, 9.17) is 0 Å². The Hall–Kier alpha value is -2.13. The first-order chi connectivity index (χ1) is 16.0. The van der Waals surface area contributed by atoms with Gasteiger partial charge < -0.3 is 5.32 Å². The molecule has 2 atom stereocenters. The SMILES string of the molecule is CSCCC(NS(=O)(=O)/C=C/c1ccccc1)C(=O)NCC(c1ccccc1)N1CCCC1. The highest BCUT2D eigenvalue weighted by Gasteiger charge is 2.27. The summed E-state index contributed by atoms with van der Waals surface area (Å²) in [5, 5.41) is 4.15. The van der Waals surface area contributed by atoms with Gasteiger partial charge in [0.05, 0.1) is 6.04 Å². The van der Waals surface area contributed by atoms with Crippen LogP contribution in [0, 0.1) is 0 Å². The number of nitrogens with zero attached hydrogens (tertiary/aromatic N) is 1. The second kappa shape index (κ2) is 12.9. The van der Waals surface area contributed by atoms with Crippen molar-refractivity contribution in [2.24, 2.45) is 0 Å². The first-order valence-electron chi connectivity index (χ1n) is 11.3. The maximum Gasteiger partial charge on any atom is 0.238 e. The minimum absolute atomic E-state index is 0.0773. The zero-order chi connectivity index (χ0) is 23.5. The molecule has 2 unspecified atom stereocenters. The predicted molar refractivity (Wildman–Crippen MR) is 137 cm³/mol. The lowest BCUT2D eigenvalue weighted by molar-refractivity contribution is -0.123. The van der Waals surface area contributed by atoms with Gasteiger partial charge in [-0.15, -0.1) is 0 Å². The summed E-state index contributed by atoms with van der Waals surface area (Å²) in [5.74, 6) is 0.387. The summed E-state index contributed by atoms with van der Waals surface area (Å²) in [7, 11) is -3.77. The third-order valence-corrected chi connectivity index (χ3v) is 7.46. The average Bonchev–Trinajstić information content (AvgIpc) is 3.36. The Morgan fingerprint density at radius 1 is 1.06 bits per heavy atom. The van der Waals surface area contributed by atoms with Crippen molar-refractivity contribution in [2.75, 3.05) is 31.6 Å². The summed E-state index contributed by atoms with van der Waals surface area (Å²) in [6.45, 7) is 2.45. The fourth-order valence-corrected chi connectivity index (χ4v) is 5.46. The lowest BCUT2D eigenvalue weighted by Crippen LogP contribution is -2.48. The minimum atomic E-state index is -3.77. The Balaban J connectivity index is 1.66. The van der Waals surface area contributed by atoms with Crippen LogP contribution in [0.25, 0.3) is 6.08 Å². The zero-order valence-corrected chi connectivity index (χ0v) is 20.7. The maximum atomic E-state index is 13.1. The predicted octanol–water partition coefficient (Wildman–Crippen LogP) is 3.65. The van der Waals surface area contributed by atoms with Gasteiger partial charge in [-0.3, -0.25) is 9.69 Å². The van der Waals surface area contributed by atoms with Crippen molar-refractivity contribution in [2.45, 2.75) is 31.3 Å². The maximum absolute atomic E-state index is 13.1. The summed E-state index contributed by atoms with van der Waals surface area (Å²) < 4.78 is 27.9. The van der Waals surface area contributed by atoms with Gasteiger partial charge >= 0.3 is 0 Å². The molecule has 1 fully saturated rings. The third kappa shape index (κ3) is 8.30. The molecule has 0 spiro atoms. The highest BCUT2D eigenvalue weighted by molar-refractivity contribution is 7.98. The molecule has 0 aromatic heterocycles. The molecule has 0 saturated carbocycles. The van der Waals surface area contributed by atoms with Gasteiger partial charge in [-0.05, 0) is 61.6 Å². The van der Waals surface area contributed by atoms with Crippen LogP contribution in [-0.4, -0.2) is 56.9 Å². The molecule has 178 valence electrons. The molecule has 33 heavy (non-hydrogen) atoms. The molecule has 2 aromatic carbocycles. The number of benzene rings is 2. The summed E-state index contributed by atoms with van der Waals surface area (Å²) >= 11 is 1.58. The number of carbonyl (C=O) groups excluding carboxylic acids is 1. The summed E-state index contributed by atoms with van der Waals surface area (Å²) in [4.78, 5) is 15.4. The minimum Gasteiger partial charge on any atom is -0.353 e. The van der Waals surface area contributed by atoms with E-state index in [1.54, 1.807) is 11.8 Å². The van der Waals surface area contributed by atoms with Crippen LogP contribution in [0.3, 0.4) is 0 Å². The Bertz CT molecular complexity index is 992. The Labute approximate surface area is 201 Å². The number of hydrogen-bond acceptors (Lipinski definition) is 5. The van der Waals surface area contributed by atoms with Gasteiger partial charge in [0.2, 0.25) is 15.9 Å². The van der Waals surface area contributed by atoms with Crippen molar-refractivity contribution in [1.82, 2.24) is 14.9 Å². The normalized spacial score (nSPS) is 16.6. The smallest absolute Gasteiger partial charge is 0.238 e. The van der Waals surface area contributed by atoms with Crippen molar-refractivity contribution in [3.63, 3.8) is 0 Å². The van der Waals surface area contributed by atoms with Gasteiger partial charge in [0.15, 0.2) is 0 Å². The average molecular weight is 488 g/mol. The number of thioether (sulfide) groups is 1. The molecule has 0 radical (unpaired) electrons. The molecular weight excluding hydrogens is 454 g/mol. The van der Waals surface area contributed by atoms with Crippen molar-refractivity contribution >= 4 is 33.8 Å². The molecule has 6 nitrogen and oxygen atoms in total. The largest absolute Gasteiger partial charge is 0.353 e. The van der Waals surface area contributed by atoms with E-state index in [-0.39, 0.29) is 11.9 Å². The van der Waals surface area contributed by atoms with Gasteiger partial charge in [-0.2, -0.15) is 16.5 Å². The molecule has 1 saturated heterocycles. The zero-order valence-electron chi connectivity index (χ0n) is 19.0. The highest BCUT2D eigenvalue weighted by atomic mass is 32.2. The fraction of sp³-hybridized carbons (Fsp3) is 0.400. The van der Waals surface area contributed by atoms with E-state index in [2.05, 4.69) is 27.1 Å². The molecule has 2 N–H and O–H groups in total. The van der Waals surface area contributed by atoms with Gasteiger partial charge in [0, 0.05) is 12.0 Å². The van der Waals surface area contributed by atoms with Crippen LogP contribution < -0.4 is 10.0 Å². The lowest BCUT2D eigenvalue weighted by atomic mass is 10.1. The van der Waals surface area contributed by atoms with Gasteiger partial charge in [-0.1, -0.05) is 60.7 Å². The molecular formula is C25H33N3O3S2.